The molecule has 9 heteroatoms. The lowest BCUT2D eigenvalue weighted by Crippen LogP contribution is -2.28. The second kappa shape index (κ2) is 7.90. The third kappa shape index (κ3) is 4.24. The fraction of sp³-hybridized carbons (Fsp3) is 0.176. The Bertz CT molecular complexity index is 1050. The molecule has 6 nitrogen and oxygen atoms in total. The number of aromatic nitrogens is 2. The molecule has 136 valence electrons. The fourth-order valence-corrected chi connectivity index (χ4v) is 4.18. The van der Waals surface area contributed by atoms with Gasteiger partial charge in [0.25, 0.3) is 5.56 Å². The molecule has 1 N–H and O–H groups in total. The van der Waals surface area contributed by atoms with Gasteiger partial charge in [-0.1, -0.05) is 18.2 Å². The largest absolute Gasteiger partial charge is 0.268 e. The zero-order valence-corrected chi connectivity index (χ0v) is 15.3. The number of sulfonamides is 1. The minimum Gasteiger partial charge on any atom is -0.268 e. The monoisotopic (exact) mass is 393 g/mol. The first-order valence-electron chi connectivity index (χ1n) is 7.83. The van der Waals surface area contributed by atoms with Gasteiger partial charge in [0, 0.05) is 19.2 Å². The predicted molar refractivity (Wildman–Crippen MR) is 98.0 cm³/mol. The van der Waals surface area contributed by atoms with Gasteiger partial charge in [-0.25, -0.2) is 22.2 Å². The number of nitrogens with one attached hydrogen (secondary N) is 1. The summed E-state index contributed by atoms with van der Waals surface area (Å²) in [5, 5.41) is 6.22. The zero-order valence-electron chi connectivity index (χ0n) is 13.6. The Morgan fingerprint density at radius 1 is 1.12 bits per heavy atom. The molecule has 1 aromatic carbocycles. The molecule has 0 aliphatic heterocycles. The topological polar surface area (TPSA) is 81.1 Å². The average molecular weight is 393 g/mol. The van der Waals surface area contributed by atoms with Crippen molar-refractivity contribution in [3.63, 3.8) is 0 Å². The maximum Gasteiger partial charge on any atom is 0.266 e. The number of aryl methyl sites for hydroxylation is 1. The Labute approximate surface area is 154 Å². The summed E-state index contributed by atoms with van der Waals surface area (Å²) in [6.07, 6.45) is 0.342. The molecule has 0 bridgehead atoms. The van der Waals surface area contributed by atoms with E-state index in [2.05, 4.69) is 9.82 Å². The maximum absolute atomic E-state index is 13.6. The molecule has 0 spiro atoms. The number of thiophene rings is 1. The summed E-state index contributed by atoms with van der Waals surface area (Å²) < 4.78 is 41.5. The Morgan fingerprint density at radius 2 is 1.92 bits per heavy atom. The minimum absolute atomic E-state index is 0.0635. The molecule has 0 amide bonds. The van der Waals surface area contributed by atoms with Crippen molar-refractivity contribution in [3.05, 3.63) is 70.1 Å². The van der Waals surface area contributed by atoms with Gasteiger partial charge >= 0.3 is 0 Å². The fourth-order valence-electron chi connectivity index (χ4n) is 2.34. The van der Waals surface area contributed by atoms with Crippen LogP contribution in [0.5, 0.6) is 0 Å². The molecule has 0 saturated heterocycles. The van der Waals surface area contributed by atoms with Crippen LogP contribution in [0, 0.1) is 5.82 Å². The molecule has 2 aromatic heterocycles. The van der Waals surface area contributed by atoms with Gasteiger partial charge in [-0.2, -0.15) is 5.10 Å². The number of halogens is 1. The van der Waals surface area contributed by atoms with E-state index in [1.165, 1.54) is 40.3 Å². The summed E-state index contributed by atoms with van der Waals surface area (Å²) in [4.78, 5) is 12.5. The van der Waals surface area contributed by atoms with Gasteiger partial charge in [-0.3, -0.25) is 4.79 Å². The Balaban J connectivity index is 1.63. The van der Waals surface area contributed by atoms with Gasteiger partial charge in [0.05, 0.1) is 4.88 Å². The lowest BCUT2D eigenvalue weighted by atomic mass is 10.3. The second-order valence-electron chi connectivity index (χ2n) is 5.44. The van der Waals surface area contributed by atoms with Crippen LogP contribution >= 0.6 is 11.3 Å². The third-order valence-electron chi connectivity index (χ3n) is 3.61. The first-order chi connectivity index (χ1) is 12.5. The molecule has 0 atom stereocenters. The molecule has 0 saturated carbocycles. The van der Waals surface area contributed by atoms with E-state index < -0.39 is 20.7 Å². The van der Waals surface area contributed by atoms with E-state index in [-0.39, 0.29) is 18.6 Å². The first kappa shape index (κ1) is 18.4. The van der Waals surface area contributed by atoms with Crippen LogP contribution in [0.4, 0.5) is 4.39 Å². The first-order valence-corrected chi connectivity index (χ1v) is 10.2. The summed E-state index contributed by atoms with van der Waals surface area (Å²) in [6, 6.07) is 12.1. The SMILES string of the molecule is O=c1ccc(-c2cccs2)nn1CCCNS(=O)(=O)c1ccccc1F. The van der Waals surface area contributed by atoms with Crippen LogP contribution < -0.4 is 10.3 Å². The van der Waals surface area contributed by atoms with Crippen molar-refractivity contribution >= 4 is 21.4 Å². The normalized spacial score (nSPS) is 11.6. The van der Waals surface area contributed by atoms with Gasteiger partial charge in [-0.05, 0) is 36.1 Å². The van der Waals surface area contributed by atoms with E-state index in [0.29, 0.717) is 12.1 Å². The van der Waals surface area contributed by atoms with E-state index in [0.717, 1.165) is 10.9 Å². The van der Waals surface area contributed by atoms with Crippen molar-refractivity contribution in [2.75, 3.05) is 6.54 Å². The van der Waals surface area contributed by atoms with E-state index in [1.54, 1.807) is 6.07 Å². The standard InChI is InChI=1S/C17H16FN3O3S2/c18-13-5-1-2-7-16(13)26(23,24)19-10-4-11-21-17(22)9-8-14(20-21)15-6-3-12-25-15/h1-3,5-9,12,19H,4,10-11H2. The van der Waals surface area contributed by atoms with E-state index >= 15 is 0 Å². The molecule has 0 aliphatic carbocycles. The van der Waals surface area contributed by atoms with Crippen LogP contribution in [0.2, 0.25) is 0 Å². The highest BCUT2D eigenvalue weighted by molar-refractivity contribution is 7.89. The van der Waals surface area contributed by atoms with E-state index in [1.807, 2.05) is 17.5 Å². The van der Waals surface area contributed by atoms with Crippen LogP contribution in [-0.2, 0) is 16.6 Å². The number of benzene rings is 1. The highest BCUT2D eigenvalue weighted by atomic mass is 32.2. The summed E-state index contributed by atoms with van der Waals surface area (Å²) in [5.74, 6) is -0.804. The maximum atomic E-state index is 13.6. The molecular weight excluding hydrogens is 377 g/mol. The summed E-state index contributed by atoms with van der Waals surface area (Å²) >= 11 is 1.52. The van der Waals surface area contributed by atoms with Crippen molar-refractivity contribution in [1.29, 1.82) is 0 Å². The van der Waals surface area contributed by atoms with Crippen LogP contribution in [0.25, 0.3) is 10.6 Å². The van der Waals surface area contributed by atoms with Crippen molar-refractivity contribution in [1.82, 2.24) is 14.5 Å². The number of hydrogen-bond acceptors (Lipinski definition) is 5. The third-order valence-corrected chi connectivity index (χ3v) is 5.99. The van der Waals surface area contributed by atoms with E-state index in [4.69, 9.17) is 0 Å². The molecule has 0 radical (unpaired) electrons. The summed E-state index contributed by atoms with van der Waals surface area (Å²) in [5.41, 5.74) is 0.425. The van der Waals surface area contributed by atoms with Gasteiger partial charge in [-0.15, -0.1) is 11.3 Å². The smallest absolute Gasteiger partial charge is 0.266 e. The van der Waals surface area contributed by atoms with Gasteiger partial charge in [0.2, 0.25) is 10.0 Å². The van der Waals surface area contributed by atoms with Crippen molar-refractivity contribution in [3.8, 4) is 10.6 Å². The number of rotatable bonds is 7. The molecular formula is C17H16FN3O3S2. The molecule has 26 heavy (non-hydrogen) atoms. The molecule has 3 rings (SSSR count). The molecule has 0 unspecified atom stereocenters. The lowest BCUT2D eigenvalue weighted by molar-refractivity contribution is 0.531. The lowest BCUT2D eigenvalue weighted by Gasteiger charge is -2.09. The van der Waals surface area contributed by atoms with Crippen molar-refractivity contribution < 1.29 is 12.8 Å². The quantitative estimate of drug-likeness (QED) is 0.626. The average Bonchev–Trinajstić information content (AvgIpc) is 3.15. The molecule has 3 aromatic rings. The van der Waals surface area contributed by atoms with Crippen LogP contribution in [0.15, 0.2) is 63.6 Å². The highest BCUT2D eigenvalue weighted by Crippen LogP contribution is 2.21. The van der Waals surface area contributed by atoms with Gasteiger partial charge < -0.3 is 0 Å². The number of nitrogens with zero attached hydrogens (tertiary/aromatic N) is 2. The van der Waals surface area contributed by atoms with Gasteiger partial charge in [0.1, 0.15) is 16.4 Å². The summed E-state index contributed by atoms with van der Waals surface area (Å²) in [6.45, 7) is 0.311. The van der Waals surface area contributed by atoms with Crippen LogP contribution in [0.3, 0.4) is 0 Å². The van der Waals surface area contributed by atoms with E-state index in [9.17, 15) is 17.6 Å². The van der Waals surface area contributed by atoms with Crippen LogP contribution in [-0.4, -0.2) is 24.7 Å². The second-order valence-corrected chi connectivity index (χ2v) is 8.12. The number of hydrogen-bond donors (Lipinski definition) is 1. The van der Waals surface area contributed by atoms with Crippen molar-refractivity contribution in [2.45, 2.75) is 17.9 Å². The molecule has 0 fully saturated rings. The Kier molecular flexibility index (Phi) is 5.60. The van der Waals surface area contributed by atoms with Crippen molar-refractivity contribution in [2.24, 2.45) is 0 Å². The summed E-state index contributed by atoms with van der Waals surface area (Å²) in [7, 11) is -3.93. The minimum atomic E-state index is -3.93. The van der Waals surface area contributed by atoms with Gasteiger partial charge in [0.15, 0.2) is 0 Å². The Morgan fingerprint density at radius 3 is 2.65 bits per heavy atom. The molecule has 2 heterocycles. The Hall–Kier alpha value is -2.36. The van der Waals surface area contributed by atoms with Crippen LogP contribution in [0.1, 0.15) is 6.42 Å². The zero-order chi connectivity index (χ0) is 18.6. The predicted octanol–water partition coefficient (Wildman–Crippen LogP) is 2.48. The highest BCUT2D eigenvalue weighted by Gasteiger charge is 2.17. The molecule has 0 aliphatic rings.